The zero-order chi connectivity index (χ0) is 35.6. The molecule has 1 N–H and O–H groups in total. The summed E-state index contributed by atoms with van der Waals surface area (Å²) in [6.45, 7) is 4.88. The quantitative estimate of drug-likeness (QED) is 0.150. The van der Waals surface area contributed by atoms with Gasteiger partial charge in [-0.05, 0) is 123 Å². The first-order chi connectivity index (χ1) is 25.4. The number of thioether (sulfide) groups is 1. The van der Waals surface area contributed by atoms with Crippen molar-refractivity contribution in [1.82, 2.24) is 5.32 Å². The summed E-state index contributed by atoms with van der Waals surface area (Å²) in [5.74, 6) is 1.61. The fourth-order valence-corrected chi connectivity index (χ4v) is 9.14. The molecule has 3 aliphatic heterocycles. The molecule has 0 saturated carbocycles. The molecule has 3 heterocycles. The first kappa shape index (κ1) is 34.8. The van der Waals surface area contributed by atoms with E-state index in [9.17, 15) is 4.79 Å². The van der Waals surface area contributed by atoms with Crippen LogP contribution >= 0.6 is 43.6 Å². The average molecular weight is 836 g/mol. The molecule has 5 aromatic rings. The summed E-state index contributed by atoms with van der Waals surface area (Å²) in [5, 5.41) is 3.60. The second-order valence-corrected chi connectivity index (χ2v) is 15.9. The smallest absolute Gasteiger partial charge is 0.264 e. The number of amidine groups is 1. The number of nitrogens with zero attached hydrogens (tertiary/aromatic N) is 2. The third-order valence-corrected chi connectivity index (χ3v) is 11.8. The average Bonchev–Trinajstić information content (AvgIpc) is 3.50. The van der Waals surface area contributed by atoms with Gasteiger partial charge in [-0.1, -0.05) is 88.7 Å². The number of halogens is 2. The molecule has 2 atom stereocenters. The third-order valence-electron chi connectivity index (χ3n) is 9.81. The van der Waals surface area contributed by atoms with E-state index in [0.717, 1.165) is 51.7 Å². The SMILES string of the molecule is CCOc1cc(/C=C2\SC(=Nc3cc4c5c(c3)[C@H](c3ccccc3)CCN5CC[C@H]4c3ccccc3)NC2=O)cc(Br)c1OCc1ccc(Br)cc1. The molecule has 52 heavy (non-hydrogen) atoms. The van der Waals surface area contributed by atoms with Gasteiger partial charge in [0.05, 0.1) is 21.7 Å². The van der Waals surface area contributed by atoms with E-state index in [2.05, 4.69) is 115 Å². The van der Waals surface area contributed by atoms with Gasteiger partial charge in [-0.25, -0.2) is 4.99 Å². The summed E-state index contributed by atoms with van der Waals surface area (Å²) >= 11 is 8.53. The lowest BCUT2D eigenvalue weighted by Crippen LogP contribution is -2.37. The molecule has 0 spiro atoms. The van der Waals surface area contributed by atoms with Crippen LogP contribution in [0.1, 0.15) is 65.0 Å². The minimum Gasteiger partial charge on any atom is -0.490 e. The monoisotopic (exact) mass is 833 g/mol. The molecule has 9 heteroatoms. The topological polar surface area (TPSA) is 63.2 Å². The van der Waals surface area contributed by atoms with Gasteiger partial charge in [0.15, 0.2) is 16.7 Å². The normalized spacial score (nSPS) is 19.4. The Morgan fingerprint density at radius 2 is 1.48 bits per heavy atom. The molecule has 1 amide bonds. The number of nitrogens with one attached hydrogen (secondary N) is 1. The Morgan fingerprint density at radius 1 is 0.846 bits per heavy atom. The number of ether oxygens (including phenoxy) is 2. The molecule has 0 bridgehead atoms. The van der Waals surface area contributed by atoms with Crippen LogP contribution in [0.4, 0.5) is 11.4 Å². The van der Waals surface area contributed by atoms with Crippen molar-refractivity contribution in [2.75, 3.05) is 24.6 Å². The van der Waals surface area contributed by atoms with Crippen LogP contribution in [-0.4, -0.2) is 30.8 Å². The predicted molar refractivity (Wildman–Crippen MR) is 219 cm³/mol. The Kier molecular flexibility index (Phi) is 10.3. The summed E-state index contributed by atoms with van der Waals surface area (Å²) in [6.07, 6.45) is 3.98. The molecular weight excluding hydrogens is 798 g/mol. The van der Waals surface area contributed by atoms with E-state index in [-0.39, 0.29) is 17.7 Å². The maximum absolute atomic E-state index is 13.3. The number of carbonyl (C=O) groups is 1. The zero-order valence-corrected chi connectivity index (χ0v) is 32.6. The molecule has 0 unspecified atom stereocenters. The number of rotatable bonds is 9. The van der Waals surface area contributed by atoms with Crippen molar-refractivity contribution in [3.8, 4) is 11.5 Å². The Bertz CT molecular complexity index is 2100. The maximum Gasteiger partial charge on any atom is 0.264 e. The van der Waals surface area contributed by atoms with Crippen molar-refractivity contribution in [3.05, 3.63) is 156 Å². The summed E-state index contributed by atoms with van der Waals surface area (Å²) < 4.78 is 14.0. The molecule has 0 radical (unpaired) electrons. The lowest BCUT2D eigenvalue weighted by molar-refractivity contribution is -0.115. The van der Waals surface area contributed by atoms with Crippen molar-refractivity contribution in [2.24, 2.45) is 4.99 Å². The number of carbonyl (C=O) groups excluding carboxylic acids is 1. The fraction of sp³-hybridized carbons (Fsp3) is 0.209. The Hall–Kier alpha value is -4.31. The van der Waals surface area contributed by atoms with E-state index in [0.29, 0.717) is 34.8 Å². The first-order valence-electron chi connectivity index (χ1n) is 17.6. The van der Waals surface area contributed by atoms with E-state index in [1.807, 2.05) is 49.4 Å². The van der Waals surface area contributed by atoms with E-state index in [4.69, 9.17) is 14.5 Å². The third kappa shape index (κ3) is 7.31. The Morgan fingerprint density at radius 3 is 2.10 bits per heavy atom. The molecule has 0 aliphatic carbocycles. The van der Waals surface area contributed by atoms with Gasteiger partial charge in [0.25, 0.3) is 5.91 Å². The molecular formula is C43H37Br2N3O3S. The van der Waals surface area contributed by atoms with Gasteiger partial charge in [0, 0.05) is 35.1 Å². The maximum atomic E-state index is 13.3. The number of hydrogen-bond donors (Lipinski definition) is 1. The standard InChI is InChI=1S/C43H37Br2N3O3S/c1-2-50-38-22-28(21-37(45)41(38)51-26-27-13-15-31(44)16-14-27)23-39-42(49)47-43(52-39)46-32-24-35-33(29-9-5-3-6-10-29)17-19-48-20-18-34(36(25-32)40(35)48)30-11-7-4-8-12-30/h3-16,21-25,33-34H,2,17-20,26H2,1H3,(H,46,47,49)/b39-23-/t33-,34-/m0/s1. The van der Waals surface area contributed by atoms with Gasteiger partial charge in [-0.2, -0.15) is 0 Å². The van der Waals surface area contributed by atoms with Gasteiger partial charge in [0.1, 0.15) is 6.61 Å². The van der Waals surface area contributed by atoms with Gasteiger partial charge >= 0.3 is 0 Å². The largest absolute Gasteiger partial charge is 0.490 e. The number of aliphatic imine (C=N–C) groups is 1. The zero-order valence-electron chi connectivity index (χ0n) is 28.7. The van der Waals surface area contributed by atoms with Crippen molar-refractivity contribution < 1.29 is 14.3 Å². The molecule has 3 aliphatic rings. The van der Waals surface area contributed by atoms with E-state index < -0.39 is 0 Å². The second kappa shape index (κ2) is 15.3. The number of anilines is 1. The van der Waals surface area contributed by atoms with Crippen molar-refractivity contribution >= 4 is 72.1 Å². The van der Waals surface area contributed by atoms with E-state index in [1.165, 1.54) is 39.7 Å². The number of hydrogen-bond acceptors (Lipinski definition) is 6. The summed E-state index contributed by atoms with van der Waals surface area (Å²) in [4.78, 5) is 21.6. The lowest BCUT2D eigenvalue weighted by Gasteiger charge is -2.43. The minimum atomic E-state index is -0.178. The number of amides is 1. The molecule has 8 rings (SSSR count). The summed E-state index contributed by atoms with van der Waals surface area (Å²) in [5.41, 5.74) is 9.36. The van der Waals surface area contributed by atoms with Crippen LogP contribution in [0.15, 0.2) is 128 Å². The van der Waals surface area contributed by atoms with Crippen molar-refractivity contribution in [3.63, 3.8) is 0 Å². The lowest BCUT2D eigenvalue weighted by atomic mass is 9.76. The summed E-state index contributed by atoms with van der Waals surface area (Å²) in [6, 6.07) is 38.0. The number of benzene rings is 5. The summed E-state index contributed by atoms with van der Waals surface area (Å²) in [7, 11) is 0. The van der Waals surface area contributed by atoms with Gasteiger partial charge < -0.3 is 19.7 Å². The van der Waals surface area contributed by atoms with Crippen molar-refractivity contribution in [2.45, 2.75) is 38.2 Å². The van der Waals surface area contributed by atoms with Gasteiger partial charge in [-0.15, -0.1) is 0 Å². The van der Waals surface area contributed by atoms with Crippen LogP contribution < -0.4 is 19.7 Å². The van der Waals surface area contributed by atoms with Gasteiger partial charge in [0.2, 0.25) is 0 Å². The predicted octanol–water partition coefficient (Wildman–Crippen LogP) is 11.0. The van der Waals surface area contributed by atoms with Crippen LogP contribution in [0.2, 0.25) is 0 Å². The molecule has 1 fully saturated rings. The molecule has 5 aromatic carbocycles. The first-order valence-corrected chi connectivity index (χ1v) is 20.0. The highest BCUT2D eigenvalue weighted by molar-refractivity contribution is 9.10. The molecule has 0 aromatic heterocycles. The highest BCUT2D eigenvalue weighted by Crippen LogP contribution is 2.50. The van der Waals surface area contributed by atoms with Crippen LogP contribution in [-0.2, 0) is 11.4 Å². The highest BCUT2D eigenvalue weighted by Gasteiger charge is 2.35. The molecule has 6 nitrogen and oxygen atoms in total. The second-order valence-electron chi connectivity index (χ2n) is 13.1. The highest BCUT2D eigenvalue weighted by atomic mass is 79.9. The van der Waals surface area contributed by atoms with Gasteiger partial charge in [-0.3, -0.25) is 4.79 Å². The van der Waals surface area contributed by atoms with Crippen molar-refractivity contribution in [1.29, 1.82) is 0 Å². The Labute approximate surface area is 325 Å². The van der Waals surface area contributed by atoms with Crippen LogP contribution in [0.3, 0.4) is 0 Å². The fourth-order valence-electron chi connectivity index (χ4n) is 7.46. The van der Waals surface area contributed by atoms with Crippen LogP contribution in [0, 0.1) is 0 Å². The van der Waals surface area contributed by atoms with Crippen LogP contribution in [0.5, 0.6) is 11.5 Å². The van der Waals surface area contributed by atoms with Crippen LogP contribution in [0.25, 0.3) is 6.08 Å². The Balaban J connectivity index is 1.11. The van der Waals surface area contributed by atoms with E-state index in [1.54, 1.807) is 0 Å². The molecule has 262 valence electrons. The van der Waals surface area contributed by atoms with E-state index >= 15 is 0 Å². The molecule has 1 saturated heterocycles. The minimum absolute atomic E-state index is 0.178.